The van der Waals surface area contributed by atoms with Crippen LogP contribution in [0.25, 0.3) is 27.8 Å². The number of ether oxygens (including phenoxy) is 1. The minimum Gasteiger partial charge on any atom is -0.378 e. The van der Waals surface area contributed by atoms with Gasteiger partial charge in [0.25, 0.3) is 5.91 Å². The Morgan fingerprint density at radius 2 is 2.00 bits per heavy atom. The predicted molar refractivity (Wildman–Crippen MR) is 109 cm³/mol. The zero-order chi connectivity index (χ0) is 20.0. The molecule has 1 aromatic carbocycles. The number of nitrogens with zero attached hydrogens (tertiary/aromatic N) is 6. The van der Waals surface area contributed by atoms with Crippen molar-refractivity contribution in [3.63, 3.8) is 0 Å². The van der Waals surface area contributed by atoms with Crippen molar-refractivity contribution in [3.05, 3.63) is 42.5 Å². The minimum atomic E-state index is -0.139. The van der Waals surface area contributed by atoms with Crippen molar-refractivity contribution in [2.24, 2.45) is 0 Å². The van der Waals surface area contributed by atoms with Crippen LogP contribution in [0.3, 0.4) is 0 Å². The highest BCUT2D eigenvalue weighted by molar-refractivity contribution is 5.95. The van der Waals surface area contributed by atoms with Gasteiger partial charge in [-0.15, -0.1) is 0 Å². The molecule has 0 bridgehead atoms. The Bertz CT molecular complexity index is 1200. The maximum absolute atomic E-state index is 12.5. The SMILES string of the molecule is CN(C)C(=O)c1cn2cc(-c3cccc4[nH]ncc34)nc(N3CCOCC3)c2n1. The van der Waals surface area contributed by atoms with E-state index in [0.29, 0.717) is 24.6 Å². The molecule has 0 spiro atoms. The molecule has 5 rings (SSSR count). The summed E-state index contributed by atoms with van der Waals surface area (Å²) >= 11 is 0. The van der Waals surface area contributed by atoms with Gasteiger partial charge in [-0.2, -0.15) is 5.10 Å². The highest BCUT2D eigenvalue weighted by Crippen LogP contribution is 2.30. The van der Waals surface area contributed by atoms with Gasteiger partial charge in [0.05, 0.1) is 30.6 Å². The lowest BCUT2D eigenvalue weighted by molar-refractivity contribution is 0.0822. The fourth-order valence-electron chi connectivity index (χ4n) is 3.62. The molecule has 4 heterocycles. The number of anilines is 1. The summed E-state index contributed by atoms with van der Waals surface area (Å²) in [5.41, 5.74) is 3.78. The van der Waals surface area contributed by atoms with Gasteiger partial charge in [0.2, 0.25) is 0 Å². The monoisotopic (exact) mass is 391 g/mol. The number of carbonyl (C=O) groups excluding carboxylic acids is 1. The van der Waals surface area contributed by atoms with Crippen molar-refractivity contribution in [1.29, 1.82) is 0 Å². The second kappa shape index (κ2) is 6.85. The Hall–Kier alpha value is -3.46. The first kappa shape index (κ1) is 17.6. The summed E-state index contributed by atoms with van der Waals surface area (Å²) in [4.78, 5) is 25.7. The summed E-state index contributed by atoms with van der Waals surface area (Å²) in [7, 11) is 3.44. The highest BCUT2D eigenvalue weighted by Gasteiger charge is 2.22. The van der Waals surface area contributed by atoms with E-state index in [1.165, 1.54) is 4.90 Å². The molecule has 9 nitrogen and oxygen atoms in total. The van der Waals surface area contributed by atoms with Crippen LogP contribution in [-0.2, 0) is 4.74 Å². The fourth-order valence-corrected chi connectivity index (χ4v) is 3.62. The molecule has 0 radical (unpaired) electrons. The van der Waals surface area contributed by atoms with Gasteiger partial charge in [-0.1, -0.05) is 12.1 Å². The zero-order valence-electron chi connectivity index (χ0n) is 16.3. The van der Waals surface area contributed by atoms with E-state index in [1.54, 1.807) is 26.5 Å². The topological polar surface area (TPSA) is 91.7 Å². The largest absolute Gasteiger partial charge is 0.378 e. The van der Waals surface area contributed by atoms with E-state index in [4.69, 9.17) is 9.72 Å². The number of carbonyl (C=O) groups is 1. The second-order valence-electron chi connectivity index (χ2n) is 7.24. The van der Waals surface area contributed by atoms with Crippen molar-refractivity contribution >= 4 is 28.3 Å². The molecule has 0 unspecified atom stereocenters. The Morgan fingerprint density at radius 3 is 2.79 bits per heavy atom. The lowest BCUT2D eigenvalue weighted by Crippen LogP contribution is -2.37. The number of morpholine rings is 1. The Labute approximate surface area is 166 Å². The molecule has 29 heavy (non-hydrogen) atoms. The predicted octanol–water partition coefficient (Wildman–Crippen LogP) is 1.81. The van der Waals surface area contributed by atoms with Crippen molar-refractivity contribution in [3.8, 4) is 11.3 Å². The van der Waals surface area contributed by atoms with Crippen molar-refractivity contribution in [1.82, 2.24) is 29.5 Å². The minimum absolute atomic E-state index is 0.139. The van der Waals surface area contributed by atoms with Gasteiger partial charge in [-0.3, -0.25) is 9.89 Å². The lowest BCUT2D eigenvalue weighted by Gasteiger charge is -2.28. The number of H-pyrrole nitrogens is 1. The number of rotatable bonds is 3. The van der Waals surface area contributed by atoms with Gasteiger partial charge in [-0.25, -0.2) is 9.97 Å². The van der Waals surface area contributed by atoms with Gasteiger partial charge in [0.1, 0.15) is 5.69 Å². The van der Waals surface area contributed by atoms with Gasteiger partial charge >= 0.3 is 0 Å². The number of benzene rings is 1. The molecule has 1 saturated heterocycles. The summed E-state index contributed by atoms with van der Waals surface area (Å²) in [5.74, 6) is 0.615. The van der Waals surface area contributed by atoms with Crippen molar-refractivity contribution in [2.45, 2.75) is 0 Å². The first-order valence-corrected chi connectivity index (χ1v) is 9.48. The summed E-state index contributed by atoms with van der Waals surface area (Å²) < 4.78 is 7.39. The molecular formula is C20H21N7O2. The third-order valence-corrected chi connectivity index (χ3v) is 5.12. The summed E-state index contributed by atoms with van der Waals surface area (Å²) in [6.45, 7) is 2.73. The molecule has 1 fully saturated rings. The molecule has 148 valence electrons. The maximum atomic E-state index is 12.5. The number of aromatic amines is 1. The molecule has 1 aliphatic heterocycles. The van der Waals surface area contributed by atoms with E-state index in [1.807, 2.05) is 28.8 Å². The summed E-state index contributed by atoms with van der Waals surface area (Å²) in [5, 5.41) is 8.16. The molecule has 3 aromatic heterocycles. The van der Waals surface area contributed by atoms with Crippen LogP contribution < -0.4 is 4.90 Å². The first-order chi connectivity index (χ1) is 14.1. The average Bonchev–Trinajstić information content (AvgIpc) is 3.39. The molecular weight excluding hydrogens is 370 g/mol. The quantitative estimate of drug-likeness (QED) is 0.573. The average molecular weight is 391 g/mol. The number of amides is 1. The molecule has 9 heteroatoms. The van der Waals surface area contributed by atoms with E-state index < -0.39 is 0 Å². The summed E-state index contributed by atoms with van der Waals surface area (Å²) in [6.07, 6.45) is 5.49. The van der Waals surface area contributed by atoms with E-state index in [0.717, 1.165) is 41.1 Å². The molecule has 1 amide bonds. The zero-order valence-corrected chi connectivity index (χ0v) is 16.3. The molecule has 1 aliphatic rings. The molecule has 0 aliphatic carbocycles. The molecule has 4 aromatic rings. The van der Waals surface area contributed by atoms with Crippen LogP contribution in [0.4, 0.5) is 5.82 Å². The van der Waals surface area contributed by atoms with Crippen LogP contribution in [-0.4, -0.2) is 75.8 Å². The Balaban J connectivity index is 1.73. The first-order valence-electron chi connectivity index (χ1n) is 9.48. The smallest absolute Gasteiger partial charge is 0.273 e. The van der Waals surface area contributed by atoms with Gasteiger partial charge in [0.15, 0.2) is 11.5 Å². The number of imidazole rings is 1. The van der Waals surface area contributed by atoms with Crippen LogP contribution in [0.5, 0.6) is 0 Å². The number of hydrogen-bond donors (Lipinski definition) is 1. The Morgan fingerprint density at radius 1 is 1.17 bits per heavy atom. The fraction of sp³-hybridized carbons (Fsp3) is 0.300. The Kier molecular flexibility index (Phi) is 4.17. The van der Waals surface area contributed by atoms with Gasteiger partial charge < -0.3 is 18.9 Å². The van der Waals surface area contributed by atoms with E-state index in [9.17, 15) is 4.79 Å². The van der Waals surface area contributed by atoms with Crippen LogP contribution >= 0.6 is 0 Å². The molecule has 0 atom stereocenters. The van der Waals surface area contributed by atoms with Gasteiger partial charge in [0, 0.05) is 50.5 Å². The maximum Gasteiger partial charge on any atom is 0.273 e. The van der Waals surface area contributed by atoms with Crippen LogP contribution in [0, 0.1) is 0 Å². The van der Waals surface area contributed by atoms with Crippen LogP contribution in [0.15, 0.2) is 36.8 Å². The number of hydrogen-bond acceptors (Lipinski definition) is 6. The van der Waals surface area contributed by atoms with Crippen molar-refractivity contribution < 1.29 is 9.53 Å². The third kappa shape index (κ3) is 2.99. The second-order valence-corrected chi connectivity index (χ2v) is 7.24. The van der Waals surface area contributed by atoms with Crippen LogP contribution in [0.1, 0.15) is 10.5 Å². The number of nitrogens with one attached hydrogen (secondary N) is 1. The highest BCUT2D eigenvalue weighted by atomic mass is 16.5. The molecule has 1 N–H and O–H groups in total. The lowest BCUT2D eigenvalue weighted by atomic mass is 10.1. The molecule has 0 saturated carbocycles. The number of fused-ring (bicyclic) bond motifs is 2. The third-order valence-electron chi connectivity index (χ3n) is 5.12. The van der Waals surface area contributed by atoms with E-state index in [2.05, 4.69) is 20.1 Å². The normalized spacial score (nSPS) is 14.6. The van der Waals surface area contributed by atoms with Gasteiger partial charge in [-0.05, 0) is 6.07 Å². The summed E-state index contributed by atoms with van der Waals surface area (Å²) in [6, 6.07) is 5.99. The standard InChI is InChI=1S/C20H21N7O2/c1-25(2)20(28)17-12-27-11-16(13-4-3-5-15-14(13)10-21-24-15)22-18(19(27)23-17)26-6-8-29-9-7-26/h3-5,10-12H,6-9H2,1-2H3,(H,21,24). The van der Waals surface area contributed by atoms with Crippen molar-refractivity contribution in [2.75, 3.05) is 45.3 Å². The number of aromatic nitrogens is 5. The van der Waals surface area contributed by atoms with E-state index in [-0.39, 0.29) is 5.91 Å². The van der Waals surface area contributed by atoms with Crippen LogP contribution in [0.2, 0.25) is 0 Å². The van der Waals surface area contributed by atoms with E-state index >= 15 is 0 Å².